The number of nitrogens with one attached hydrogen (secondary N) is 1. The molecule has 0 radical (unpaired) electrons. The number of benzene rings is 1. The van der Waals surface area contributed by atoms with Gasteiger partial charge in [-0.1, -0.05) is 28.1 Å². The minimum atomic E-state index is -0.628. The van der Waals surface area contributed by atoms with Crippen LogP contribution in [0, 0.1) is 6.92 Å². The fraction of sp³-hybridized carbons (Fsp3) is 0.227. The zero-order valence-corrected chi connectivity index (χ0v) is 19.5. The van der Waals surface area contributed by atoms with Gasteiger partial charge < -0.3 is 19.2 Å². The molecule has 2 aromatic heterocycles. The van der Waals surface area contributed by atoms with Gasteiger partial charge in [-0.2, -0.15) is 0 Å². The summed E-state index contributed by atoms with van der Waals surface area (Å²) in [6.07, 6.45) is 0. The van der Waals surface area contributed by atoms with Crippen LogP contribution in [0.2, 0.25) is 0 Å². The standard InChI is InChI=1S/C22H20BrNO6S/c1-4-28-21(26)17-12(3)18(22(27)29-5-2)31-20(17)24-19(25)16-11-10-15(30-16)13-6-8-14(23)9-7-13/h6-11H,4-5H2,1-3H3,(H,24,25). The number of amides is 1. The van der Waals surface area contributed by atoms with Crippen molar-refractivity contribution in [2.75, 3.05) is 18.5 Å². The van der Waals surface area contributed by atoms with Crippen molar-refractivity contribution in [3.63, 3.8) is 0 Å². The van der Waals surface area contributed by atoms with Crippen LogP contribution in [-0.4, -0.2) is 31.1 Å². The number of halogens is 1. The molecule has 1 N–H and O–H groups in total. The van der Waals surface area contributed by atoms with E-state index in [1.807, 2.05) is 24.3 Å². The fourth-order valence-corrected chi connectivity index (χ4v) is 4.18. The maximum Gasteiger partial charge on any atom is 0.348 e. The van der Waals surface area contributed by atoms with Gasteiger partial charge >= 0.3 is 11.9 Å². The van der Waals surface area contributed by atoms with E-state index in [9.17, 15) is 14.4 Å². The van der Waals surface area contributed by atoms with Crippen molar-refractivity contribution in [2.45, 2.75) is 20.8 Å². The summed E-state index contributed by atoms with van der Waals surface area (Å²) in [5, 5.41) is 2.87. The largest absolute Gasteiger partial charge is 0.462 e. The maximum absolute atomic E-state index is 12.8. The minimum Gasteiger partial charge on any atom is -0.462 e. The lowest BCUT2D eigenvalue weighted by Gasteiger charge is -2.06. The Morgan fingerprint density at radius 3 is 2.29 bits per heavy atom. The SMILES string of the molecule is CCOC(=O)c1sc(NC(=O)c2ccc(-c3ccc(Br)cc3)o2)c(C(=O)OCC)c1C. The van der Waals surface area contributed by atoms with Gasteiger partial charge in [-0.05, 0) is 50.6 Å². The van der Waals surface area contributed by atoms with Gasteiger partial charge in [0.2, 0.25) is 0 Å². The first-order valence-corrected chi connectivity index (χ1v) is 11.1. The highest BCUT2D eigenvalue weighted by molar-refractivity contribution is 9.10. The lowest BCUT2D eigenvalue weighted by Crippen LogP contribution is -2.14. The van der Waals surface area contributed by atoms with Gasteiger partial charge in [0.15, 0.2) is 5.76 Å². The summed E-state index contributed by atoms with van der Waals surface area (Å²) in [7, 11) is 0. The number of anilines is 1. The topological polar surface area (TPSA) is 94.8 Å². The minimum absolute atomic E-state index is 0.0662. The van der Waals surface area contributed by atoms with Crippen LogP contribution in [0.1, 0.15) is 50.0 Å². The molecule has 0 aliphatic rings. The third-order valence-electron chi connectivity index (χ3n) is 4.27. The molecule has 0 fully saturated rings. The lowest BCUT2D eigenvalue weighted by molar-refractivity contribution is 0.0527. The Labute approximate surface area is 191 Å². The molecular formula is C22H20BrNO6S. The van der Waals surface area contributed by atoms with Crippen molar-refractivity contribution in [3.05, 3.63) is 62.6 Å². The van der Waals surface area contributed by atoms with Crippen LogP contribution in [0.4, 0.5) is 5.00 Å². The van der Waals surface area contributed by atoms with E-state index in [1.54, 1.807) is 32.9 Å². The number of hydrogen-bond donors (Lipinski definition) is 1. The van der Waals surface area contributed by atoms with Crippen LogP contribution in [0.25, 0.3) is 11.3 Å². The van der Waals surface area contributed by atoms with Crippen LogP contribution in [0.5, 0.6) is 0 Å². The average Bonchev–Trinajstić information content (AvgIpc) is 3.34. The highest BCUT2D eigenvalue weighted by Crippen LogP contribution is 2.35. The van der Waals surface area contributed by atoms with Crippen LogP contribution < -0.4 is 5.32 Å². The van der Waals surface area contributed by atoms with Crippen molar-refractivity contribution in [1.82, 2.24) is 0 Å². The molecule has 2 heterocycles. The molecule has 0 unspecified atom stereocenters. The summed E-state index contributed by atoms with van der Waals surface area (Å²) >= 11 is 4.34. The predicted octanol–water partition coefficient (Wildman–Crippen LogP) is 5.68. The smallest absolute Gasteiger partial charge is 0.348 e. The van der Waals surface area contributed by atoms with Gasteiger partial charge in [0, 0.05) is 10.0 Å². The first kappa shape index (κ1) is 22.8. The van der Waals surface area contributed by atoms with Crippen molar-refractivity contribution in [1.29, 1.82) is 0 Å². The van der Waals surface area contributed by atoms with Gasteiger partial charge in [0.25, 0.3) is 5.91 Å². The molecule has 1 aromatic carbocycles. The predicted molar refractivity (Wildman–Crippen MR) is 121 cm³/mol. The Bertz CT molecular complexity index is 1120. The molecule has 162 valence electrons. The van der Waals surface area contributed by atoms with Gasteiger partial charge in [0.1, 0.15) is 15.6 Å². The third kappa shape index (κ3) is 5.05. The van der Waals surface area contributed by atoms with Crippen molar-refractivity contribution in [3.8, 4) is 11.3 Å². The molecular weight excluding hydrogens is 486 g/mol. The summed E-state index contributed by atoms with van der Waals surface area (Å²) in [6.45, 7) is 5.33. The number of rotatable bonds is 7. The second-order valence-electron chi connectivity index (χ2n) is 6.33. The number of carbonyl (C=O) groups excluding carboxylic acids is 3. The monoisotopic (exact) mass is 505 g/mol. The quantitative estimate of drug-likeness (QED) is 0.414. The number of hydrogen-bond acceptors (Lipinski definition) is 7. The Kier molecular flexibility index (Phi) is 7.29. The van der Waals surface area contributed by atoms with E-state index < -0.39 is 17.8 Å². The molecule has 7 nitrogen and oxygen atoms in total. The molecule has 0 aliphatic heterocycles. The van der Waals surface area contributed by atoms with E-state index in [0.29, 0.717) is 11.3 Å². The summed E-state index contributed by atoms with van der Waals surface area (Å²) in [6, 6.07) is 10.7. The molecule has 1 amide bonds. The summed E-state index contributed by atoms with van der Waals surface area (Å²) in [5.74, 6) is -1.15. The average molecular weight is 506 g/mol. The molecule has 0 atom stereocenters. The van der Waals surface area contributed by atoms with Crippen LogP contribution in [0.3, 0.4) is 0 Å². The van der Waals surface area contributed by atoms with Crippen LogP contribution in [0.15, 0.2) is 45.3 Å². The molecule has 0 spiro atoms. The first-order valence-electron chi connectivity index (χ1n) is 9.50. The highest BCUT2D eigenvalue weighted by Gasteiger charge is 2.28. The van der Waals surface area contributed by atoms with E-state index in [-0.39, 0.29) is 34.4 Å². The van der Waals surface area contributed by atoms with Crippen molar-refractivity contribution >= 4 is 50.1 Å². The molecule has 0 saturated carbocycles. The van der Waals surface area contributed by atoms with Crippen LogP contribution in [-0.2, 0) is 9.47 Å². The number of ether oxygens (including phenoxy) is 2. The molecule has 0 bridgehead atoms. The second kappa shape index (κ2) is 9.93. The maximum atomic E-state index is 12.8. The highest BCUT2D eigenvalue weighted by atomic mass is 79.9. The second-order valence-corrected chi connectivity index (χ2v) is 8.26. The molecule has 31 heavy (non-hydrogen) atoms. The third-order valence-corrected chi connectivity index (χ3v) is 5.99. The van der Waals surface area contributed by atoms with Gasteiger partial charge in [-0.3, -0.25) is 4.79 Å². The number of esters is 2. The van der Waals surface area contributed by atoms with Gasteiger partial charge in [-0.25, -0.2) is 9.59 Å². The summed E-state index contributed by atoms with van der Waals surface area (Å²) in [5.41, 5.74) is 1.33. The summed E-state index contributed by atoms with van der Waals surface area (Å²) < 4.78 is 16.8. The van der Waals surface area contributed by atoms with E-state index in [4.69, 9.17) is 13.9 Å². The Balaban J connectivity index is 1.89. The Morgan fingerprint density at radius 2 is 1.65 bits per heavy atom. The van der Waals surface area contributed by atoms with Crippen molar-refractivity contribution in [2.24, 2.45) is 0 Å². The fourth-order valence-electron chi connectivity index (χ4n) is 2.84. The van der Waals surface area contributed by atoms with Gasteiger partial charge in [0.05, 0.1) is 18.8 Å². The Hall–Kier alpha value is -2.91. The Morgan fingerprint density at radius 1 is 1.00 bits per heavy atom. The number of thiophene rings is 1. The van der Waals surface area contributed by atoms with E-state index in [2.05, 4.69) is 21.2 Å². The lowest BCUT2D eigenvalue weighted by atomic mass is 10.1. The molecule has 3 aromatic rings. The van der Waals surface area contributed by atoms with E-state index in [1.165, 1.54) is 0 Å². The normalized spacial score (nSPS) is 10.6. The molecule has 3 rings (SSSR count). The molecule has 0 saturated heterocycles. The van der Waals surface area contributed by atoms with Crippen molar-refractivity contribution < 1.29 is 28.3 Å². The van der Waals surface area contributed by atoms with E-state index >= 15 is 0 Å². The molecule has 9 heteroatoms. The zero-order valence-electron chi connectivity index (χ0n) is 17.1. The first-order chi connectivity index (χ1) is 14.8. The summed E-state index contributed by atoms with van der Waals surface area (Å²) in [4.78, 5) is 37.7. The van der Waals surface area contributed by atoms with Crippen LogP contribution >= 0.6 is 27.3 Å². The zero-order chi connectivity index (χ0) is 22.5. The molecule has 0 aliphatic carbocycles. The number of carbonyl (C=O) groups is 3. The number of furan rings is 1. The van der Waals surface area contributed by atoms with Gasteiger partial charge in [-0.15, -0.1) is 11.3 Å². The van der Waals surface area contributed by atoms with E-state index in [0.717, 1.165) is 21.4 Å².